The van der Waals surface area contributed by atoms with Crippen molar-refractivity contribution in [2.75, 3.05) is 13.2 Å². The van der Waals surface area contributed by atoms with Gasteiger partial charge >= 0.3 is 0 Å². The second-order valence-corrected chi connectivity index (χ2v) is 7.24. The van der Waals surface area contributed by atoms with Gasteiger partial charge in [-0.25, -0.2) is 0 Å². The first-order chi connectivity index (χ1) is 8.32. The fraction of sp³-hybridized carbons (Fsp3) is 1.00. The van der Waals surface area contributed by atoms with Crippen LogP contribution in [-0.4, -0.2) is 36.0 Å². The summed E-state index contributed by atoms with van der Waals surface area (Å²) in [4.78, 5) is 0. The van der Waals surface area contributed by atoms with Crippen LogP contribution in [0.2, 0.25) is 0 Å². The second-order valence-electron chi connectivity index (χ2n) is 7.24. The van der Waals surface area contributed by atoms with E-state index in [1.54, 1.807) is 0 Å². The lowest BCUT2D eigenvalue weighted by Crippen LogP contribution is -2.51. The molecule has 0 radical (unpaired) electrons. The molecule has 1 heterocycles. The highest BCUT2D eigenvalue weighted by molar-refractivity contribution is 4.94. The van der Waals surface area contributed by atoms with Gasteiger partial charge in [0.1, 0.15) is 5.60 Å². The number of nitrogens with one attached hydrogen (secondary N) is 1. The van der Waals surface area contributed by atoms with Crippen LogP contribution in [0.4, 0.5) is 0 Å². The Bertz CT molecular complexity index is 292. The number of rotatable bonds is 3. The van der Waals surface area contributed by atoms with Gasteiger partial charge < -0.3 is 15.2 Å². The molecule has 1 saturated carbocycles. The Morgan fingerprint density at radius 1 is 1.28 bits per heavy atom. The van der Waals surface area contributed by atoms with Crippen molar-refractivity contribution in [3.05, 3.63) is 0 Å². The summed E-state index contributed by atoms with van der Waals surface area (Å²) in [7, 11) is 0. The molecule has 2 rings (SSSR count). The number of ether oxygens (including phenoxy) is 1. The highest BCUT2D eigenvalue weighted by Gasteiger charge is 2.40. The van der Waals surface area contributed by atoms with E-state index < -0.39 is 5.60 Å². The monoisotopic (exact) mass is 255 g/mol. The van der Waals surface area contributed by atoms with Gasteiger partial charge in [0, 0.05) is 25.6 Å². The Morgan fingerprint density at radius 2 is 2.00 bits per heavy atom. The first-order valence-electron chi connectivity index (χ1n) is 7.40. The summed E-state index contributed by atoms with van der Waals surface area (Å²) in [5.41, 5.74) is -0.176. The minimum Gasteiger partial charge on any atom is -0.386 e. The Hall–Kier alpha value is -0.120. The van der Waals surface area contributed by atoms with Crippen LogP contribution < -0.4 is 5.32 Å². The molecule has 3 heteroatoms. The summed E-state index contributed by atoms with van der Waals surface area (Å²) in [6.07, 6.45) is 4.49. The Labute approximate surface area is 111 Å². The highest BCUT2D eigenvalue weighted by Crippen LogP contribution is 2.38. The third-order valence-corrected chi connectivity index (χ3v) is 5.02. The minimum absolute atomic E-state index is 0.0414. The Kier molecular flexibility index (Phi) is 4.05. The fourth-order valence-electron chi connectivity index (χ4n) is 3.56. The van der Waals surface area contributed by atoms with E-state index in [0.717, 1.165) is 6.42 Å². The maximum Gasteiger partial charge on any atom is 0.105 e. The van der Waals surface area contributed by atoms with Crippen molar-refractivity contribution in [2.45, 2.75) is 71.1 Å². The van der Waals surface area contributed by atoms with Crippen molar-refractivity contribution in [3.8, 4) is 0 Å². The van der Waals surface area contributed by atoms with Gasteiger partial charge in [0.15, 0.2) is 0 Å². The normalized spacial score (nSPS) is 44.2. The molecule has 2 fully saturated rings. The molecule has 1 saturated heterocycles. The molecule has 0 aromatic carbocycles. The lowest BCUT2D eigenvalue weighted by atomic mass is 9.70. The van der Waals surface area contributed by atoms with Crippen LogP contribution in [0.5, 0.6) is 0 Å². The molecule has 0 spiro atoms. The maximum absolute atomic E-state index is 10.5. The fourth-order valence-corrected chi connectivity index (χ4v) is 3.56. The van der Waals surface area contributed by atoms with Crippen molar-refractivity contribution in [3.63, 3.8) is 0 Å². The van der Waals surface area contributed by atoms with Gasteiger partial charge in [-0.1, -0.05) is 20.8 Å². The number of hydrogen-bond donors (Lipinski definition) is 2. The highest BCUT2D eigenvalue weighted by atomic mass is 16.5. The Morgan fingerprint density at radius 3 is 2.56 bits per heavy atom. The lowest BCUT2D eigenvalue weighted by molar-refractivity contribution is -0.0304. The molecule has 0 amide bonds. The molecule has 1 aliphatic heterocycles. The summed E-state index contributed by atoms with van der Waals surface area (Å²) in [6.45, 7) is 10.4. The third kappa shape index (κ3) is 3.06. The smallest absolute Gasteiger partial charge is 0.105 e. The predicted octanol–water partition coefficient (Wildman–Crippen LogP) is 2.33. The summed E-state index contributed by atoms with van der Waals surface area (Å²) in [5, 5.41) is 14.1. The van der Waals surface area contributed by atoms with Crippen LogP contribution in [0.25, 0.3) is 0 Å². The SMILES string of the molecule is CC1CC(C)(C)CCC1NCC1(O)CCOC1C. The quantitative estimate of drug-likeness (QED) is 0.813. The molecule has 0 aromatic rings. The van der Waals surface area contributed by atoms with Gasteiger partial charge in [-0.05, 0) is 37.5 Å². The topological polar surface area (TPSA) is 41.5 Å². The van der Waals surface area contributed by atoms with Gasteiger partial charge in [0.2, 0.25) is 0 Å². The van der Waals surface area contributed by atoms with Crippen molar-refractivity contribution in [2.24, 2.45) is 11.3 Å². The van der Waals surface area contributed by atoms with Crippen molar-refractivity contribution in [1.29, 1.82) is 0 Å². The molecule has 2 aliphatic rings. The van der Waals surface area contributed by atoms with Crippen LogP contribution in [0.1, 0.15) is 53.4 Å². The largest absolute Gasteiger partial charge is 0.386 e. The van der Waals surface area contributed by atoms with Gasteiger partial charge in [-0.15, -0.1) is 0 Å². The van der Waals surface area contributed by atoms with Crippen molar-refractivity contribution < 1.29 is 9.84 Å². The van der Waals surface area contributed by atoms with E-state index in [2.05, 4.69) is 26.1 Å². The third-order valence-electron chi connectivity index (χ3n) is 5.02. The van der Waals surface area contributed by atoms with E-state index in [1.807, 2.05) is 6.92 Å². The van der Waals surface area contributed by atoms with E-state index in [-0.39, 0.29) is 6.10 Å². The van der Waals surface area contributed by atoms with E-state index in [4.69, 9.17) is 4.74 Å². The maximum atomic E-state index is 10.5. The van der Waals surface area contributed by atoms with Gasteiger partial charge in [-0.3, -0.25) is 0 Å². The van der Waals surface area contributed by atoms with E-state index in [1.165, 1.54) is 19.3 Å². The molecule has 4 atom stereocenters. The van der Waals surface area contributed by atoms with Gasteiger partial charge in [0.25, 0.3) is 0 Å². The van der Waals surface area contributed by atoms with Crippen molar-refractivity contribution >= 4 is 0 Å². The van der Waals surface area contributed by atoms with Gasteiger partial charge in [-0.2, -0.15) is 0 Å². The zero-order valence-corrected chi connectivity index (χ0v) is 12.3. The van der Waals surface area contributed by atoms with Crippen LogP contribution in [0.15, 0.2) is 0 Å². The average Bonchev–Trinajstić information content (AvgIpc) is 2.57. The molecule has 0 bridgehead atoms. The molecular weight excluding hydrogens is 226 g/mol. The molecule has 4 unspecified atom stereocenters. The summed E-state index contributed by atoms with van der Waals surface area (Å²) >= 11 is 0. The van der Waals surface area contributed by atoms with Crippen molar-refractivity contribution in [1.82, 2.24) is 5.32 Å². The summed E-state index contributed by atoms with van der Waals surface area (Å²) < 4.78 is 5.48. The standard InChI is InChI=1S/C15H29NO2/c1-11-9-14(3,4)6-5-13(11)16-10-15(17)7-8-18-12(15)2/h11-13,16-17H,5-10H2,1-4H3. The first kappa shape index (κ1) is 14.3. The number of aliphatic hydroxyl groups is 1. The summed E-state index contributed by atoms with van der Waals surface area (Å²) in [6, 6.07) is 0.551. The zero-order valence-electron chi connectivity index (χ0n) is 12.3. The second kappa shape index (κ2) is 5.10. The average molecular weight is 255 g/mol. The molecular formula is C15H29NO2. The molecule has 106 valence electrons. The molecule has 1 aliphatic carbocycles. The van der Waals surface area contributed by atoms with E-state index >= 15 is 0 Å². The van der Waals surface area contributed by atoms with Crippen LogP contribution in [-0.2, 0) is 4.74 Å². The lowest BCUT2D eigenvalue weighted by Gasteiger charge is -2.41. The minimum atomic E-state index is -0.660. The molecule has 2 N–H and O–H groups in total. The van der Waals surface area contributed by atoms with Crippen LogP contribution in [0.3, 0.4) is 0 Å². The molecule has 3 nitrogen and oxygen atoms in total. The van der Waals surface area contributed by atoms with E-state index in [9.17, 15) is 5.11 Å². The van der Waals surface area contributed by atoms with E-state index in [0.29, 0.717) is 30.5 Å². The van der Waals surface area contributed by atoms with Gasteiger partial charge in [0.05, 0.1) is 6.10 Å². The Balaban J connectivity index is 1.84. The molecule has 0 aromatic heterocycles. The van der Waals surface area contributed by atoms with Crippen LogP contribution in [0, 0.1) is 11.3 Å². The van der Waals surface area contributed by atoms with Crippen LogP contribution >= 0.6 is 0 Å². The predicted molar refractivity (Wildman–Crippen MR) is 73.6 cm³/mol. The molecule has 18 heavy (non-hydrogen) atoms. The summed E-state index contributed by atoms with van der Waals surface area (Å²) in [5.74, 6) is 0.690. The number of hydrogen-bond acceptors (Lipinski definition) is 3. The first-order valence-corrected chi connectivity index (χ1v) is 7.40. The zero-order chi connectivity index (χ0) is 13.4.